The lowest BCUT2D eigenvalue weighted by molar-refractivity contribution is -0.151. The summed E-state index contributed by atoms with van der Waals surface area (Å²) in [7, 11) is 0. The Morgan fingerprint density at radius 2 is 1.91 bits per heavy atom. The van der Waals surface area contributed by atoms with Crippen molar-refractivity contribution in [1.29, 1.82) is 0 Å². The van der Waals surface area contributed by atoms with Crippen LogP contribution in [0.25, 0.3) is 0 Å². The summed E-state index contributed by atoms with van der Waals surface area (Å²) in [5, 5.41) is 12.9. The molecule has 2 atom stereocenters. The zero-order chi connectivity index (χ0) is 24.7. The Hall–Kier alpha value is -2.95. The Labute approximate surface area is 203 Å². The number of thioether (sulfide) groups is 1. The fourth-order valence-corrected chi connectivity index (χ4v) is 4.31. The van der Waals surface area contributed by atoms with Gasteiger partial charge in [-0.3, -0.25) is 9.69 Å². The molecule has 0 aliphatic carbocycles. The van der Waals surface area contributed by atoms with Crippen molar-refractivity contribution in [1.82, 2.24) is 25.1 Å². The van der Waals surface area contributed by atoms with Gasteiger partial charge in [0.15, 0.2) is 5.78 Å². The molecule has 1 aliphatic rings. The number of rotatable bonds is 8. The van der Waals surface area contributed by atoms with Crippen molar-refractivity contribution in [2.24, 2.45) is 5.92 Å². The van der Waals surface area contributed by atoms with E-state index in [1.165, 1.54) is 21.5 Å². The first-order chi connectivity index (χ1) is 16.2. The zero-order valence-corrected chi connectivity index (χ0v) is 20.8. The normalized spacial score (nSPS) is 18.4. The van der Waals surface area contributed by atoms with Gasteiger partial charge in [0.05, 0.1) is 18.9 Å². The van der Waals surface area contributed by atoms with Crippen molar-refractivity contribution in [3.05, 3.63) is 35.9 Å². The molecule has 1 saturated heterocycles. The summed E-state index contributed by atoms with van der Waals surface area (Å²) in [4.78, 5) is 40.5. The number of ketones is 1. The van der Waals surface area contributed by atoms with E-state index in [1.807, 2.05) is 18.2 Å². The van der Waals surface area contributed by atoms with Crippen LogP contribution in [0.1, 0.15) is 50.9 Å². The standard InChI is InChI=1S/C23H31N5O5S/c1-5-32-20(30)18-13-16(11-12-27(18)22(31)33-23(2,3)4)14-28-25-21(24-26-28)34-15-19(29)17-9-7-6-8-10-17/h6-10,16,18H,5,11-15H2,1-4H3. The van der Waals surface area contributed by atoms with Crippen LogP contribution in [0.2, 0.25) is 0 Å². The highest BCUT2D eigenvalue weighted by Crippen LogP contribution is 2.27. The average molecular weight is 490 g/mol. The molecule has 2 aromatic rings. The van der Waals surface area contributed by atoms with E-state index < -0.39 is 23.7 Å². The van der Waals surface area contributed by atoms with Crippen LogP contribution in [0.3, 0.4) is 0 Å². The molecule has 1 aliphatic heterocycles. The van der Waals surface area contributed by atoms with Crippen molar-refractivity contribution in [3.63, 3.8) is 0 Å². The summed E-state index contributed by atoms with van der Waals surface area (Å²) in [5.74, 6) is -0.185. The molecular weight excluding hydrogens is 458 g/mol. The van der Waals surface area contributed by atoms with Crippen molar-refractivity contribution in [2.75, 3.05) is 18.9 Å². The summed E-state index contributed by atoms with van der Waals surface area (Å²) in [6, 6.07) is 8.33. The largest absolute Gasteiger partial charge is 0.464 e. The quantitative estimate of drug-likeness (QED) is 0.313. The van der Waals surface area contributed by atoms with E-state index in [0.717, 1.165) is 0 Å². The number of amides is 1. The lowest BCUT2D eigenvalue weighted by Gasteiger charge is -2.38. The maximum atomic E-state index is 12.7. The number of benzene rings is 1. The van der Waals surface area contributed by atoms with Gasteiger partial charge in [0.1, 0.15) is 11.6 Å². The van der Waals surface area contributed by atoms with E-state index >= 15 is 0 Å². The van der Waals surface area contributed by atoms with Gasteiger partial charge in [0.25, 0.3) is 0 Å². The first kappa shape index (κ1) is 25.7. The molecule has 11 heteroatoms. The molecule has 1 aromatic heterocycles. The monoisotopic (exact) mass is 489 g/mol. The fraction of sp³-hybridized carbons (Fsp3) is 0.565. The molecule has 1 fully saturated rings. The third kappa shape index (κ3) is 7.28. The highest BCUT2D eigenvalue weighted by Gasteiger charge is 2.39. The Kier molecular flexibility index (Phi) is 8.65. The molecule has 2 unspecified atom stereocenters. The number of piperidine rings is 1. The van der Waals surface area contributed by atoms with Crippen molar-refractivity contribution in [3.8, 4) is 0 Å². The number of likely N-dealkylation sites (tertiary alicyclic amines) is 1. The zero-order valence-electron chi connectivity index (χ0n) is 20.0. The Morgan fingerprint density at radius 1 is 1.18 bits per heavy atom. The number of ether oxygens (including phenoxy) is 2. The van der Waals surface area contributed by atoms with E-state index in [1.54, 1.807) is 39.8 Å². The van der Waals surface area contributed by atoms with Gasteiger partial charge in [0.2, 0.25) is 5.16 Å². The molecule has 1 aromatic carbocycles. The van der Waals surface area contributed by atoms with Crippen LogP contribution in [0.15, 0.2) is 35.5 Å². The van der Waals surface area contributed by atoms with E-state index in [2.05, 4.69) is 15.4 Å². The van der Waals surface area contributed by atoms with Crippen LogP contribution in [0.5, 0.6) is 0 Å². The van der Waals surface area contributed by atoms with Gasteiger partial charge in [0, 0.05) is 12.1 Å². The van der Waals surface area contributed by atoms with Crippen LogP contribution >= 0.6 is 11.8 Å². The van der Waals surface area contributed by atoms with E-state index in [9.17, 15) is 14.4 Å². The Balaban J connectivity index is 1.58. The molecule has 3 rings (SSSR count). The first-order valence-electron chi connectivity index (χ1n) is 11.3. The predicted octanol–water partition coefficient (Wildman–Crippen LogP) is 3.23. The summed E-state index contributed by atoms with van der Waals surface area (Å²) < 4.78 is 10.7. The minimum Gasteiger partial charge on any atom is -0.464 e. The molecule has 184 valence electrons. The lowest BCUT2D eigenvalue weighted by atomic mass is 9.91. The van der Waals surface area contributed by atoms with Gasteiger partial charge in [-0.15, -0.1) is 10.2 Å². The Morgan fingerprint density at radius 3 is 2.59 bits per heavy atom. The van der Waals surface area contributed by atoms with Crippen LogP contribution in [-0.4, -0.2) is 73.5 Å². The molecule has 0 radical (unpaired) electrons. The van der Waals surface area contributed by atoms with Crippen LogP contribution in [0, 0.1) is 5.92 Å². The van der Waals surface area contributed by atoms with Crippen LogP contribution in [0.4, 0.5) is 4.79 Å². The van der Waals surface area contributed by atoms with Gasteiger partial charge >= 0.3 is 12.1 Å². The molecule has 0 N–H and O–H groups in total. The number of esters is 1. The number of hydrogen-bond donors (Lipinski definition) is 0. The number of hydrogen-bond acceptors (Lipinski definition) is 9. The highest BCUT2D eigenvalue weighted by atomic mass is 32.2. The third-order valence-corrected chi connectivity index (χ3v) is 6.01. The molecule has 0 saturated carbocycles. The number of carbonyl (C=O) groups excluding carboxylic acids is 3. The van der Waals surface area contributed by atoms with Gasteiger partial charge in [-0.1, -0.05) is 42.1 Å². The fourth-order valence-electron chi connectivity index (χ4n) is 3.64. The molecule has 1 amide bonds. The van der Waals surface area contributed by atoms with Crippen LogP contribution in [-0.2, 0) is 20.8 Å². The second-order valence-electron chi connectivity index (χ2n) is 9.04. The van der Waals surface area contributed by atoms with Gasteiger partial charge in [-0.05, 0) is 51.7 Å². The van der Waals surface area contributed by atoms with Crippen molar-refractivity contribution < 1.29 is 23.9 Å². The van der Waals surface area contributed by atoms with Gasteiger partial charge < -0.3 is 9.47 Å². The molecule has 10 nitrogen and oxygen atoms in total. The van der Waals surface area contributed by atoms with E-state index in [4.69, 9.17) is 9.47 Å². The van der Waals surface area contributed by atoms with Crippen LogP contribution < -0.4 is 0 Å². The average Bonchev–Trinajstić information content (AvgIpc) is 3.24. The second-order valence-corrected chi connectivity index (χ2v) is 9.98. The lowest BCUT2D eigenvalue weighted by Crippen LogP contribution is -2.52. The summed E-state index contributed by atoms with van der Waals surface area (Å²) >= 11 is 1.23. The number of carbonyl (C=O) groups is 3. The maximum Gasteiger partial charge on any atom is 0.411 e. The molecule has 0 spiro atoms. The minimum absolute atomic E-state index is 0.00579. The number of aromatic nitrogens is 4. The molecule has 34 heavy (non-hydrogen) atoms. The minimum atomic E-state index is -0.727. The van der Waals surface area contributed by atoms with E-state index in [-0.39, 0.29) is 24.1 Å². The summed E-state index contributed by atoms with van der Waals surface area (Å²) in [5.41, 5.74) is -0.0162. The SMILES string of the molecule is CCOC(=O)C1CC(Cn2nnc(SCC(=O)c3ccccc3)n2)CCN1C(=O)OC(C)(C)C. The third-order valence-electron chi connectivity index (χ3n) is 5.18. The second kappa shape index (κ2) is 11.5. The topological polar surface area (TPSA) is 117 Å². The van der Waals surface area contributed by atoms with E-state index in [0.29, 0.717) is 36.7 Å². The van der Waals surface area contributed by atoms with Crippen molar-refractivity contribution in [2.45, 2.75) is 63.9 Å². The molecule has 2 heterocycles. The Bertz CT molecular complexity index is 991. The predicted molar refractivity (Wildman–Crippen MR) is 125 cm³/mol. The highest BCUT2D eigenvalue weighted by molar-refractivity contribution is 7.99. The number of nitrogens with zero attached hydrogens (tertiary/aromatic N) is 5. The number of Topliss-reactive ketones (excluding diaryl/α,β-unsaturated/α-hetero) is 1. The first-order valence-corrected chi connectivity index (χ1v) is 12.3. The van der Waals surface area contributed by atoms with Gasteiger partial charge in [-0.25, -0.2) is 9.59 Å². The van der Waals surface area contributed by atoms with Crippen molar-refractivity contribution >= 4 is 29.6 Å². The molecular formula is C23H31N5O5S. The number of tetrazole rings is 1. The summed E-state index contributed by atoms with van der Waals surface area (Å²) in [6.45, 7) is 8.14. The smallest absolute Gasteiger partial charge is 0.411 e. The summed E-state index contributed by atoms with van der Waals surface area (Å²) in [6.07, 6.45) is 0.546. The van der Waals surface area contributed by atoms with Gasteiger partial charge in [-0.2, -0.15) is 4.80 Å². The molecule has 0 bridgehead atoms. The maximum absolute atomic E-state index is 12.7.